The quantitative estimate of drug-likeness (QED) is 0.871. The number of nitrogens with two attached hydrogens (primary N) is 1. The molecule has 0 spiro atoms. The van der Waals surface area contributed by atoms with Crippen molar-refractivity contribution in [2.24, 2.45) is 5.73 Å². The topological polar surface area (TPSA) is 72.5 Å². The number of rotatable bonds is 5. The average Bonchev–Trinajstić information content (AvgIpc) is 2.25. The summed E-state index contributed by atoms with van der Waals surface area (Å²) in [5.41, 5.74) is 6.12. The standard InChI is InChI=1S/C11H13BrFNO3/c1-17-5-6-2-7(8(4-14)11(15)16)10(13)9(12)3-6/h2-3,8H,4-5,14H2,1H3,(H,15,16). The van der Waals surface area contributed by atoms with Crippen LogP contribution in [0.2, 0.25) is 0 Å². The van der Waals surface area contributed by atoms with Gasteiger partial charge in [0.05, 0.1) is 17.0 Å². The summed E-state index contributed by atoms with van der Waals surface area (Å²) >= 11 is 3.05. The second kappa shape index (κ2) is 6.09. The third kappa shape index (κ3) is 3.24. The van der Waals surface area contributed by atoms with Crippen molar-refractivity contribution in [3.05, 3.63) is 33.5 Å². The molecule has 1 unspecified atom stereocenters. The Balaban J connectivity index is 3.25. The molecule has 0 saturated carbocycles. The van der Waals surface area contributed by atoms with E-state index < -0.39 is 17.7 Å². The van der Waals surface area contributed by atoms with E-state index in [1.165, 1.54) is 13.2 Å². The molecule has 0 fully saturated rings. The van der Waals surface area contributed by atoms with E-state index >= 15 is 0 Å². The van der Waals surface area contributed by atoms with Crippen LogP contribution in [0.15, 0.2) is 16.6 Å². The van der Waals surface area contributed by atoms with Gasteiger partial charge in [0.15, 0.2) is 0 Å². The second-order valence-corrected chi connectivity index (χ2v) is 4.39. The van der Waals surface area contributed by atoms with Crippen LogP contribution in [0.3, 0.4) is 0 Å². The van der Waals surface area contributed by atoms with Gasteiger partial charge in [0.1, 0.15) is 5.82 Å². The number of benzene rings is 1. The lowest BCUT2D eigenvalue weighted by Gasteiger charge is -2.14. The predicted molar refractivity (Wildman–Crippen MR) is 64.2 cm³/mol. The highest BCUT2D eigenvalue weighted by molar-refractivity contribution is 9.10. The van der Waals surface area contributed by atoms with Gasteiger partial charge in [-0.25, -0.2) is 4.39 Å². The molecule has 1 aromatic carbocycles. The van der Waals surface area contributed by atoms with Gasteiger partial charge in [-0.15, -0.1) is 0 Å². The van der Waals surface area contributed by atoms with Crippen molar-refractivity contribution in [1.29, 1.82) is 0 Å². The molecule has 0 amide bonds. The highest BCUT2D eigenvalue weighted by Crippen LogP contribution is 2.27. The molecule has 1 aromatic rings. The van der Waals surface area contributed by atoms with E-state index in [0.29, 0.717) is 5.56 Å². The number of halogens is 2. The van der Waals surface area contributed by atoms with Crippen molar-refractivity contribution in [2.75, 3.05) is 13.7 Å². The zero-order valence-corrected chi connectivity index (χ0v) is 10.8. The molecule has 0 heterocycles. The van der Waals surface area contributed by atoms with Gasteiger partial charge in [0.2, 0.25) is 0 Å². The fourth-order valence-corrected chi connectivity index (χ4v) is 2.06. The van der Waals surface area contributed by atoms with E-state index in [0.717, 1.165) is 0 Å². The fraction of sp³-hybridized carbons (Fsp3) is 0.364. The minimum Gasteiger partial charge on any atom is -0.481 e. The Hall–Kier alpha value is -0.980. The molecule has 3 N–H and O–H groups in total. The van der Waals surface area contributed by atoms with E-state index in [1.54, 1.807) is 6.07 Å². The van der Waals surface area contributed by atoms with Gasteiger partial charge in [-0.2, -0.15) is 0 Å². The van der Waals surface area contributed by atoms with E-state index in [1.807, 2.05) is 0 Å². The minimum atomic E-state index is -1.15. The van der Waals surface area contributed by atoms with Crippen molar-refractivity contribution in [3.63, 3.8) is 0 Å². The number of ether oxygens (including phenoxy) is 1. The molecule has 4 nitrogen and oxygen atoms in total. The molecule has 94 valence electrons. The summed E-state index contributed by atoms with van der Waals surface area (Å²) in [4.78, 5) is 11.0. The Labute approximate surface area is 107 Å². The smallest absolute Gasteiger partial charge is 0.312 e. The van der Waals surface area contributed by atoms with Crippen molar-refractivity contribution in [2.45, 2.75) is 12.5 Å². The van der Waals surface area contributed by atoms with Crippen LogP contribution in [0.5, 0.6) is 0 Å². The molecular weight excluding hydrogens is 293 g/mol. The Bertz CT molecular complexity index is 425. The number of hydrogen-bond donors (Lipinski definition) is 2. The largest absolute Gasteiger partial charge is 0.481 e. The van der Waals surface area contributed by atoms with E-state index in [-0.39, 0.29) is 23.2 Å². The van der Waals surface area contributed by atoms with Crippen LogP contribution in [-0.2, 0) is 16.1 Å². The maximum Gasteiger partial charge on any atom is 0.312 e. The summed E-state index contributed by atoms with van der Waals surface area (Å²) in [6.45, 7) is 0.123. The number of carboxylic acid groups (broad SMARTS) is 1. The lowest BCUT2D eigenvalue weighted by Crippen LogP contribution is -2.22. The Morgan fingerprint density at radius 1 is 1.65 bits per heavy atom. The summed E-state index contributed by atoms with van der Waals surface area (Å²) < 4.78 is 19.0. The van der Waals surface area contributed by atoms with Gasteiger partial charge in [0.25, 0.3) is 0 Å². The number of methoxy groups -OCH3 is 1. The molecule has 0 aromatic heterocycles. The SMILES string of the molecule is COCc1cc(Br)c(F)c(C(CN)C(=O)O)c1. The minimum absolute atomic E-state index is 0.0708. The van der Waals surface area contributed by atoms with Crippen LogP contribution in [0.1, 0.15) is 17.0 Å². The number of aliphatic carboxylic acids is 1. The van der Waals surface area contributed by atoms with Crippen molar-refractivity contribution in [1.82, 2.24) is 0 Å². The molecule has 6 heteroatoms. The lowest BCUT2D eigenvalue weighted by molar-refractivity contribution is -0.138. The van der Waals surface area contributed by atoms with Crippen molar-refractivity contribution >= 4 is 21.9 Å². The highest BCUT2D eigenvalue weighted by atomic mass is 79.9. The predicted octanol–water partition coefficient (Wildman–Crippen LogP) is 1.86. The zero-order chi connectivity index (χ0) is 13.0. The normalized spacial score (nSPS) is 12.5. The highest BCUT2D eigenvalue weighted by Gasteiger charge is 2.23. The maximum atomic E-state index is 13.8. The summed E-state index contributed by atoms with van der Waals surface area (Å²) in [5, 5.41) is 8.97. The van der Waals surface area contributed by atoms with Gasteiger partial charge in [0, 0.05) is 19.2 Å². The van der Waals surface area contributed by atoms with Crippen LogP contribution < -0.4 is 5.73 Å². The van der Waals surface area contributed by atoms with Crippen LogP contribution >= 0.6 is 15.9 Å². The van der Waals surface area contributed by atoms with Gasteiger partial charge in [-0.05, 0) is 33.6 Å². The monoisotopic (exact) mass is 305 g/mol. The molecule has 1 rings (SSSR count). The molecule has 0 aliphatic rings. The Morgan fingerprint density at radius 2 is 2.29 bits per heavy atom. The molecule has 0 aliphatic carbocycles. The van der Waals surface area contributed by atoms with E-state index in [9.17, 15) is 9.18 Å². The van der Waals surface area contributed by atoms with Gasteiger partial charge in [-0.1, -0.05) is 0 Å². The maximum absolute atomic E-state index is 13.8. The summed E-state index contributed by atoms with van der Waals surface area (Å²) in [5.74, 6) is -2.79. The fourth-order valence-electron chi connectivity index (χ4n) is 1.53. The first-order valence-corrected chi connectivity index (χ1v) is 5.70. The molecule has 1 atom stereocenters. The lowest BCUT2D eigenvalue weighted by atomic mass is 9.97. The van der Waals surface area contributed by atoms with Gasteiger partial charge >= 0.3 is 5.97 Å². The first-order valence-electron chi connectivity index (χ1n) is 4.90. The average molecular weight is 306 g/mol. The summed E-state index contributed by atoms with van der Waals surface area (Å²) in [7, 11) is 1.51. The summed E-state index contributed by atoms with van der Waals surface area (Å²) in [6.07, 6.45) is 0. The molecule has 0 radical (unpaired) electrons. The molecular formula is C11H13BrFNO3. The zero-order valence-electron chi connectivity index (χ0n) is 9.24. The second-order valence-electron chi connectivity index (χ2n) is 3.54. The number of hydrogen-bond acceptors (Lipinski definition) is 3. The first-order chi connectivity index (χ1) is 8.01. The van der Waals surface area contributed by atoms with E-state index in [4.69, 9.17) is 15.6 Å². The molecule has 17 heavy (non-hydrogen) atoms. The Kier molecular flexibility index (Phi) is 5.04. The van der Waals surface area contributed by atoms with Crippen molar-refractivity contribution in [3.8, 4) is 0 Å². The van der Waals surface area contributed by atoms with E-state index in [2.05, 4.69) is 15.9 Å². The van der Waals surface area contributed by atoms with Crippen LogP contribution in [0.4, 0.5) is 4.39 Å². The Morgan fingerprint density at radius 3 is 2.76 bits per heavy atom. The molecule has 0 bridgehead atoms. The first kappa shape index (κ1) is 14.1. The third-order valence-electron chi connectivity index (χ3n) is 2.34. The van der Waals surface area contributed by atoms with Crippen LogP contribution in [0, 0.1) is 5.82 Å². The van der Waals surface area contributed by atoms with Gasteiger partial charge < -0.3 is 15.6 Å². The van der Waals surface area contributed by atoms with Crippen LogP contribution in [-0.4, -0.2) is 24.7 Å². The summed E-state index contributed by atoms with van der Waals surface area (Å²) in [6, 6.07) is 3.02. The van der Waals surface area contributed by atoms with Crippen LogP contribution in [0.25, 0.3) is 0 Å². The van der Waals surface area contributed by atoms with Crippen molar-refractivity contribution < 1.29 is 19.0 Å². The number of carboxylic acids is 1. The van der Waals surface area contributed by atoms with Gasteiger partial charge in [-0.3, -0.25) is 4.79 Å². The third-order valence-corrected chi connectivity index (χ3v) is 2.91. The number of carbonyl (C=O) groups is 1. The molecule has 0 aliphatic heterocycles. The molecule has 0 saturated heterocycles.